The molecular weight excluding hydrogens is 308 g/mol. The molecule has 0 spiro atoms. The number of ether oxygens (including phenoxy) is 1. The van der Waals surface area contributed by atoms with Gasteiger partial charge in [0, 0.05) is 30.1 Å². The zero-order valence-electron chi connectivity index (χ0n) is 12.7. The average molecular weight is 322 g/mol. The van der Waals surface area contributed by atoms with Crippen molar-refractivity contribution in [3.8, 4) is 11.6 Å². The van der Waals surface area contributed by atoms with E-state index in [1.54, 1.807) is 36.7 Å². The Kier molecular flexibility index (Phi) is 3.66. The van der Waals surface area contributed by atoms with Gasteiger partial charge in [-0.15, -0.1) is 0 Å². The number of anilines is 1. The monoisotopic (exact) mass is 322 g/mol. The van der Waals surface area contributed by atoms with E-state index in [1.807, 2.05) is 0 Å². The van der Waals surface area contributed by atoms with Crippen LogP contribution in [0.3, 0.4) is 0 Å². The molecule has 1 fully saturated rings. The first-order valence-electron chi connectivity index (χ1n) is 7.58. The number of benzene rings is 1. The lowest BCUT2D eigenvalue weighted by Crippen LogP contribution is -2.13. The van der Waals surface area contributed by atoms with E-state index in [0.717, 1.165) is 18.5 Å². The zero-order chi connectivity index (χ0) is 16.4. The number of oxazole rings is 1. The van der Waals surface area contributed by atoms with Crippen LogP contribution in [0.4, 0.5) is 5.69 Å². The maximum absolute atomic E-state index is 12.4. The Balaban J connectivity index is 1.49. The molecule has 0 saturated heterocycles. The van der Waals surface area contributed by atoms with Gasteiger partial charge >= 0.3 is 0 Å². The van der Waals surface area contributed by atoms with E-state index in [-0.39, 0.29) is 11.7 Å². The van der Waals surface area contributed by atoms with E-state index in [9.17, 15) is 4.79 Å². The van der Waals surface area contributed by atoms with Gasteiger partial charge in [-0.3, -0.25) is 9.78 Å². The van der Waals surface area contributed by atoms with Crippen molar-refractivity contribution in [2.24, 2.45) is 0 Å². The Morgan fingerprint density at radius 1 is 1.25 bits per heavy atom. The fourth-order valence-corrected chi connectivity index (χ4v) is 2.36. The van der Waals surface area contributed by atoms with Crippen molar-refractivity contribution in [1.29, 1.82) is 0 Å². The quantitative estimate of drug-likeness (QED) is 0.774. The number of carbonyl (C=O) groups excluding carboxylic acids is 1. The summed E-state index contributed by atoms with van der Waals surface area (Å²) in [5.74, 6) is 1.24. The van der Waals surface area contributed by atoms with E-state index in [4.69, 9.17) is 9.15 Å². The predicted octanol–water partition coefficient (Wildman–Crippen LogP) is 3.39. The van der Waals surface area contributed by atoms with Gasteiger partial charge in [-0.05, 0) is 25.0 Å². The van der Waals surface area contributed by atoms with E-state index in [1.165, 1.54) is 12.6 Å². The number of nitrogens with zero attached hydrogens (tertiary/aromatic N) is 3. The molecule has 1 N–H and O–H groups in total. The van der Waals surface area contributed by atoms with Crippen LogP contribution in [0.15, 0.2) is 53.7 Å². The molecule has 1 aromatic carbocycles. The molecular formula is C17H14N4O3. The molecule has 120 valence electrons. The molecule has 0 aliphatic heterocycles. The van der Waals surface area contributed by atoms with E-state index in [0.29, 0.717) is 23.2 Å². The van der Waals surface area contributed by atoms with Crippen LogP contribution in [-0.2, 0) is 0 Å². The molecule has 0 unspecified atom stereocenters. The molecule has 1 aliphatic carbocycles. The highest BCUT2D eigenvalue weighted by Crippen LogP contribution is 2.40. The molecule has 7 heteroatoms. The normalized spacial score (nSPS) is 13.5. The molecule has 1 saturated carbocycles. The Morgan fingerprint density at radius 2 is 2.17 bits per heavy atom. The minimum absolute atomic E-state index is 0.276. The van der Waals surface area contributed by atoms with Crippen LogP contribution in [-0.4, -0.2) is 20.9 Å². The summed E-state index contributed by atoms with van der Waals surface area (Å²) in [6.45, 7) is 0. The van der Waals surface area contributed by atoms with Crippen molar-refractivity contribution < 1.29 is 13.9 Å². The van der Waals surface area contributed by atoms with Gasteiger partial charge in [0.25, 0.3) is 5.91 Å². The van der Waals surface area contributed by atoms with Crippen molar-refractivity contribution in [1.82, 2.24) is 15.0 Å². The lowest BCUT2D eigenvalue weighted by molar-refractivity contribution is 0.0995. The second-order valence-corrected chi connectivity index (χ2v) is 5.47. The highest BCUT2D eigenvalue weighted by Gasteiger charge is 2.32. The van der Waals surface area contributed by atoms with E-state index < -0.39 is 0 Å². The molecule has 0 radical (unpaired) electrons. The van der Waals surface area contributed by atoms with Crippen molar-refractivity contribution in [3.63, 3.8) is 0 Å². The first-order valence-corrected chi connectivity index (χ1v) is 7.58. The molecule has 0 atom stereocenters. The molecule has 7 nitrogen and oxygen atoms in total. The maximum Gasteiger partial charge on any atom is 0.293 e. The molecule has 1 aliphatic rings. The largest absolute Gasteiger partial charge is 0.438 e. The fraction of sp³-hybridized carbons (Fsp3) is 0.176. The van der Waals surface area contributed by atoms with Crippen LogP contribution in [0, 0.1) is 0 Å². The van der Waals surface area contributed by atoms with Gasteiger partial charge in [-0.2, -0.15) is 0 Å². The Morgan fingerprint density at radius 3 is 2.96 bits per heavy atom. The highest BCUT2D eigenvalue weighted by atomic mass is 16.5. The standard InChI is InChI=1S/C17H14N4O3/c22-17(16-15(11-4-5-11)20-10-23-16)21-12-2-1-3-13(8-12)24-14-9-18-6-7-19-14/h1-3,6-11H,4-5H2,(H,21,22). The SMILES string of the molecule is O=C(Nc1cccc(Oc2cnccn2)c1)c1ocnc1C1CC1. The average Bonchev–Trinajstić information content (AvgIpc) is 3.32. The lowest BCUT2D eigenvalue weighted by Gasteiger charge is -2.07. The van der Waals surface area contributed by atoms with Crippen molar-refractivity contribution >= 4 is 11.6 Å². The van der Waals surface area contributed by atoms with Crippen LogP contribution in [0.25, 0.3) is 0 Å². The van der Waals surface area contributed by atoms with Gasteiger partial charge in [-0.25, -0.2) is 9.97 Å². The summed E-state index contributed by atoms with van der Waals surface area (Å²) in [6.07, 6.45) is 8.04. The molecule has 24 heavy (non-hydrogen) atoms. The van der Waals surface area contributed by atoms with Gasteiger partial charge in [0.15, 0.2) is 6.39 Å². The number of carbonyl (C=O) groups is 1. The smallest absolute Gasteiger partial charge is 0.293 e. The van der Waals surface area contributed by atoms with Gasteiger partial charge in [0.1, 0.15) is 5.75 Å². The Hall–Kier alpha value is -3.22. The number of aromatic nitrogens is 3. The first kappa shape index (κ1) is 14.4. The van der Waals surface area contributed by atoms with E-state index >= 15 is 0 Å². The molecule has 2 heterocycles. The van der Waals surface area contributed by atoms with Gasteiger partial charge in [0.05, 0.1) is 11.9 Å². The Bertz CT molecular complexity index is 859. The van der Waals surface area contributed by atoms with Gasteiger partial charge in [-0.1, -0.05) is 6.07 Å². The van der Waals surface area contributed by atoms with Crippen LogP contribution < -0.4 is 10.1 Å². The summed E-state index contributed by atoms with van der Waals surface area (Å²) in [7, 11) is 0. The number of hydrogen-bond acceptors (Lipinski definition) is 6. The molecule has 0 bridgehead atoms. The summed E-state index contributed by atoms with van der Waals surface area (Å²) in [6, 6.07) is 7.03. The topological polar surface area (TPSA) is 90.1 Å². The summed E-state index contributed by atoms with van der Waals surface area (Å²) in [5.41, 5.74) is 1.33. The predicted molar refractivity (Wildman–Crippen MR) is 85.0 cm³/mol. The lowest BCUT2D eigenvalue weighted by atomic mass is 10.2. The van der Waals surface area contributed by atoms with Crippen molar-refractivity contribution in [3.05, 3.63) is 60.7 Å². The number of nitrogens with one attached hydrogen (secondary N) is 1. The second-order valence-electron chi connectivity index (χ2n) is 5.47. The third-order valence-corrected chi connectivity index (χ3v) is 3.62. The van der Waals surface area contributed by atoms with Crippen LogP contribution in [0.1, 0.15) is 35.0 Å². The zero-order valence-corrected chi connectivity index (χ0v) is 12.7. The van der Waals surface area contributed by atoms with Gasteiger partial charge in [0.2, 0.25) is 11.6 Å². The number of amides is 1. The summed E-state index contributed by atoms with van der Waals surface area (Å²) < 4.78 is 10.9. The maximum atomic E-state index is 12.4. The third kappa shape index (κ3) is 3.10. The second kappa shape index (κ2) is 6.11. The summed E-state index contributed by atoms with van der Waals surface area (Å²) >= 11 is 0. The molecule has 1 amide bonds. The third-order valence-electron chi connectivity index (χ3n) is 3.62. The minimum atomic E-state index is -0.314. The number of rotatable bonds is 5. The fourth-order valence-electron chi connectivity index (χ4n) is 2.36. The van der Waals surface area contributed by atoms with Gasteiger partial charge < -0.3 is 14.5 Å². The Labute approximate surface area is 137 Å². The van der Waals surface area contributed by atoms with Crippen LogP contribution in [0.2, 0.25) is 0 Å². The summed E-state index contributed by atoms with van der Waals surface area (Å²) in [4.78, 5) is 24.5. The van der Waals surface area contributed by atoms with E-state index in [2.05, 4.69) is 20.3 Å². The minimum Gasteiger partial charge on any atom is -0.438 e. The highest BCUT2D eigenvalue weighted by molar-refractivity contribution is 6.03. The molecule has 4 rings (SSSR count). The van der Waals surface area contributed by atoms with Crippen molar-refractivity contribution in [2.75, 3.05) is 5.32 Å². The van der Waals surface area contributed by atoms with Crippen molar-refractivity contribution in [2.45, 2.75) is 18.8 Å². The number of hydrogen-bond donors (Lipinski definition) is 1. The summed E-state index contributed by atoms with van der Waals surface area (Å²) in [5, 5.41) is 2.80. The first-order chi connectivity index (χ1) is 11.8. The van der Waals surface area contributed by atoms with Crippen LogP contribution >= 0.6 is 0 Å². The molecule has 2 aromatic heterocycles. The molecule has 3 aromatic rings. The van der Waals surface area contributed by atoms with Crippen LogP contribution in [0.5, 0.6) is 11.6 Å².